The second-order valence-corrected chi connectivity index (χ2v) is 6.96. The second kappa shape index (κ2) is 7.05. The van der Waals surface area contributed by atoms with Crippen molar-refractivity contribution in [2.24, 2.45) is 0 Å². The zero-order valence-corrected chi connectivity index (χ0v) is 13.2. The van der Waals surface area contributed by atoms with Crippen molar-refractivity contribution in [3.8, 4) is 0 Å². The maximum atomic E-state index is 5.76. The van der Waals surface area contributed by atoms with Gasteiger partial charge in [-0.1, -0.05) is 43.2 Å². The predicted molar refractivity (Wildman–Crippen MR) is 89.3 cm³/mol. The van der Waals surface area contributed by atoms with Crippen LogP contribution < -0.4 is 5.73 Å². The van der Waals surface area contributed by atoms with Crippen molar-refractivity contribution in [1.29, 1.82) is 0 Å². The Morgan fingerprint density at radius 1 is 1.19 bits per heavy atom. The van der Waals surface area contributed by atoms with Crippen LogP contribution in [0.3, 0.4) is 0 Å². The number of hydrogen-bond donors (Lipinski definition) is 1. The molecule has 112 valence electrons. The van der Waals surface area contributed by atoms with Gasteiger partial charge in [0.25, 0.3) is 0 Å². The highest BCUT2D eigenvalue weighted by molar-refractivity contribution is 7.15. The van der Waals surface area contributed by atoms with Gasteiger partial charge >= 0.3 is 0 Å². The topological polar surface area (TPSA) is 42.1 Å². The van der Waals surface area contributed by atoms with Gasteiger partial charge in [0.1, 0.15) is 0 Å². The number of nitrogens with two attached hydrogens (primary N) is 1. The van der Waals surface area contributed by atoms with Crippen molar-refractivity contribution in [3.63, 3.8) is 0 Å². The van der Waals surface area contributed by atoms with Crippen molar-refractivity contribution in [2.45, 2.75) is 44.7 Å². The third-order valence-electron chi connectivity index (χ3n) is 4.30. The Bertz CT molecular complexity index is 546. The number of thiazole rings is 1. The van der Waals surface area contributed by atoms with Gasteiger partial charge in [-0.15, -0.1) is 11.3 Å². The van der Waals surface area contributed by atoms with Crippen molar-refractivity contribution in [3.05, 3.63) is 47.0 Å². The van der Waals surface area contributed by atoms with E-state index in [1.165, 1.54) is 36.1 Å². The molecule has 3 rings (SSSR count). The summed E-state index contributed by atoms with van der Waals surface area (Å²) >= 11 is 1.62. The Labute approximate surface area is 130 Å². The molecule has 2 aromatic rings. The number of rotatable bonds is 6. The molecule has 0 spiro atoms. The fourth-order valence-corrected chi connectivity index (χ4v) is 3.88. The standard InChI is InChI=1S/C17H23N3S/c18-17-19-12-16(21-17)13-20(15-8-4-5-9-15)11-10-14-6-2-1-3-7-14/h1-3,6-7,12,15H,4-5,8-11,13H2,(H2,18,19). The lowest BCUT2D eigenvalue weighted by Gasteiger charge is -2.28. The molecule has 1 aliphatic carbocycles. The van der Waals surface area contributed by atoms with E-state index in [-0.39, 0.29) is 0 Å². The highest BCUT2D eigenvalue weighted by Gasteiger charge is 2.23. The number of aromatic nitrogens is 1. The maximum Gasteiger partial charge on any atom is 0.180 e. The SMILES string of the molecule is Nc1ncc(CN(CCc2ccccc2)C2CCCC2)s1. The quantitative estimate of drug-likeness (QED) is 0.884. The van der Waals surface area contributed by atoms with Gasteiger partial charge in [0, 0.05) is 30.2 Å². The highest BCUT2D eigenvalue weighted by atomic mass is 32.1. The average Bonchev–Trinajstić information content (AvgIpc) is 3.16. The van der Waals surface area contributed by atoms with Crippen LogP contribution in [0, 0.1) is 0 Å². The third kappa shape index (κ3) is 4.05. The summed E-state index contributed by atoms with van der Waals surface area (Å²) in [6, 6.07) is 11.5. The molecule has 0 amide bonds. The zero-order valence-electron chi connectivity index (χ0n) is 12.4. The first-order chi connectivity index (χ1) is 10.3. The lowest BCUT2D eigenvalue weighted by Crippen LogP contribution is -2.34. The molecule has 1 aliphatic rings. The van der Waals surface area contributed by atoms with Gasteiger partial charge in [0.05, 0.1) is 0 Å². The van der Waals surface area contributed by atoms with E-state index in [0.29, 0.717) is 5.13 Å². The molecule has 0 saturated heterocycles. The maximum absolute atomic E-state index is 5.76. The first-order valence-electron chi connectivity index (χ1n) is 7.79. The van der Waals surface area contributed by atoms with Crippen LogP contribution in [-0.2, 0) is 13.0 Å². The van der Waals surface area contributed by atoms with Crippen LogP contribution >= 0.6 is 11.3 Å². The summed E-state index contributed by atoms with van der Waals surface area (Å²) in [7, 11) is 0. The Balaban J connectivity index is 1.64. The van der Waals surface area contributed by atoms with Crippen LogP contribution in [-0.4, -0.2) is 22.5 Å². The van der Waals surface area contributed by atoms with Crippen molar-refractivity contribution in [2.75, 3.05) is 12.3 Å². The molecular formula is C17H23N3S. The number of nitrogen functional groups attached to an aromatic ring is 1. The summed E-state index contributed by atoms with van der Waals surface area (Å²) in [4.78, 5) is 8.10. The van der Waals surface area contributed by atoms with E-state index in [2.05, 4.69) is 40.2 Å². The largest absolute Gasteiger partial charge is 0.375 e. The number of hydrogen-bond acceptors (Lipinski definition) is 4. The average molecular weight is 301 g/mol. The molecule has 21 heavy (non-hydrogen) atoms. The Morgan fingerprint density at radius 3 is 2.62 bits per heavy atom. The summed E-state index contributed by atoms with van der Waals surface area (Å²) in [5, 5.41) is 0.680. The van der Waals surface area contributed by atoms with Crippen molar-refractivity contribution < 1.29 is 0 Å². The number of anilines is 1. The van der Waals surface area contributed by atoms with E-state index in [9.17, 15) is 0 Å². The number of nitrogens with zero attached hydrogens (tertiary/aromatic N) is 2. The van der Waals surface area contributed by atoms with E-state index in [0.717, 1.165) is 25.6 Å². The van der Waals surface area contributed by atoms with Crippen LogP contribution in [0.1, 0.15) is 36.1 Å². The van der Waals surface area contributed by atoms with Crippen LogP contribution in [0.2, 0.25) is 0 Å². The van der Waals surface area contributed by atoms with Crippen molar-refractivity contribution >= 4 is 16.5 Å². The minimum atomic E-state index is 0.680. The van der Waals surface area contributed by atoms with E-state index in [4.69, 9.17) is 5.73 Å². The summed E-state index contributed by atoms with van der Waals surface area (Å²) in [5.41, 5.74) is 7.18. The number of benzene rings is 1. The predicted octanol–water partition coefficient (Wildman–Crippen LogP) is 3.71. The Morgan fingerprint density at radius 2 is 1.95 bits per heavy atom. The lowest BCUT2D eigenvalue weighted by molar-refractivity contribution is 0.193. The molecule has 1 aromatic carbocycles. The first kappa shape index (κ1) is 14.5. The molecule has 0 unspecified atom stereocenters. The van der Waals surface area contributed by atoms with Gasteiger partial charge < -0.3 is 5.73 Å². The van der Waals surface area contributed by atoms with Gasteiger partial charge in [-0.3, -0.25) is 4.90 Å². The summed E-state index contributed by atoms with van der Waals surface area (Å²) in [5.74, 6) is 0. The summed E-state index contributed by atoms with van der Waals surface area (Å²) in [6.07, 6.45) is 8.47. The molecule has 1 fully saturated rings. The van der Waals surface area contributed by atoms with E-state index < -0.39 is 0 Å². The van der Waals surface area contributed by atoms with E-state index in [1.807, 2.05) is 6.20 Å². The smallest absolute Gasteiger partial charge is 0.180 e. The normalized spacial score (nSPS) is 15.9. The minimum absolute atomic E-state index is 0.680. The second-order valence-electron chi connectivity index (χ2n) is 5.81. The molecule has 1 heterocycles. The zero-order chi connectivity index (χ0) is 14.5. The minimum Gasteiger partial charge on any atom is -0.375 e. The summed E-state index contributed by atoms with van der Waals surface area (Å²) < 4.78 is 0. The molecule has 2 N–H and O–H groups in total. The van der Waals surface area contributed by atoms with E-state index in [1.54, 1.807) is 11.3 Å². The van der Waals surface area contributed by atoms with Gasteiger partial charge in [-0.05, 0) is 24.8 Å². The van der Waals surface area contributed by atoms with Gasteiger partial charge in [0.2, 0.25) is 0 Å². The third-order valence-corrected chi connectivity index (χ3v) is 5.11. The first-order valence-corrected chi connectivity index (χ1v) is 8.61. The Hall–Kier alpha value is -1.39. The molecule has 0 aliphatic heterocycles. The van der Waals surface area contributed by atoms with Gasteiger partial charge in [0.15, 0.2) is 5.13 Å². The molecule has 0 bridgehead atoms. The van der Waals surface area contributed by atoms with Gasteiger partial charge in [-0.2, -0.15) is 0 Å². The monoisotopic (exact) mass is 301 g/mol. The summed E-state index contributed by atoms with van der Waals surface area (Å²) in [6.45, 7) is 2.11. The van der Waals surface area contributed by atoms with Crippen LogP contribution in [0.15, 0.2) is 36.5 Å². The fraction of sp³-hybridized carbons (Fsp3) is 0.471. The van der Waals surface area contributed by atoms with Gasteiger partial charge in [-0.25, -0.2) is 4.98 Å². The molecule has 0 atom stereocenters. The van der Waals surface area contributed by atoms with Crippen LogP contribution in [0.4, 0.5) is 5.13 Å². The molecule has 3 nitrogen and oxygen atoms in total. The van der Waals surface area contributed by atoms with Crippen LogP contribution in [0.5, 0.6) is 0 Å². The fourth-order valence-electron chi connectivity index (χ4n) is 3.17. The molecule has 1 aromatic heterocycles. The highest BCUT2D eigenvalue weighted by Crippen LogP contribution is 2.26. The molecule has 4 heteroatoms. The van der Waals surface area contributed by atoms with E-state index >= 15 is 0 Å². The van der Waals surface area contributed by atoms with Crippen LogP contribution in [0.25, 0.3) is 0 Å². The lowest BCUT2D eigenvalue weighted by atomic mass is 10.1. The Kier molecular flexibility index (Phi) is 4.88. The molecule has 0 radical (unpaired) electrons. The molecule has 1 saturated carbocycles. The van der Waals surface area contributed by atoms with Crippen molar-refractivity contribution in [1.82, 2.24) is 9.88 Å². The molecular weight excluding hydrogens is 278 g/mol.